The van der Waals surface area contributed by atoms with Crippen molar-refractivity contribution in [3.63, 3.8) is 0 Å². The Hall–Kier alpha value is 2.40. The van der Waals surface area contributed by atoms with Crippen LogP contribution in [-0.4, -0.2) is 23.0 Å². The van der Waals surface area contributed by atoms with Crippen LogP contribution in [0.5, 0.6) is 0 Å². The van der Waals surface area contributed by atoms with Crippen LogP contribution >= 0.6 is 46.8 Å². The van der Waals surface area contributed by atoms with E-state index in [1.165, 1.54) is 24.3 Å². The number of rotatable bonds is 7. The molecule has 11 heavy (non-hydrogen) atoms. The second-order valence-electron chi connectivity index (χ2n) is 1.80. The monoisotopic (exact) mass is 238 g/mol. The van der Waals surface area contributed by atoms with E-state index in [0.717, 1.165) is 11.5 Å². The van der Waals surface area contributed by atoms with Crippen LogP contribution in [-0.2, 0) is 0 Å². The van der Waals surface area contributed by atoms with Gasteiger partial charge in [0.1, 0.15) is 0 Å². The Balaban J connectivity index is -0.000000405. The van der Waals surface area contributed by atoms with Gasteiger partial charge in [-0.25, -0.2) is 0 Å². The van der Waals surface area contributed by atoms with Gasteiger partial charge in [-0.3, -0.25) is 0 Å². The van der Waals surface area contributed by atoms with E-state index in [2.05, 4.69) is 25.3 Å². The first-order valence-corrected chi connectivity index (χ1v) is 7.13. The standard InChI is InChI=1S/C6H14S4.Na.H/c7-3-1-5-9-10-6-2-4-8;;/h7-8H,1-6H2;;/q;+1;-1. The van der Waals surface area contributed by atoms with Crippen LogP contribution in [0.1, 0.15) is 14.3 Å². The summed E-state index contributed by atoms with van der Waals surface area (Å²) in [4.78, 5) is 0. The van der Waals surface area contributed by atoms with Gasteiger partial charge >= 0.3 is 29.6 Å². The molecule has 0 radical (unpaired) electrons. The predicted octanol–water partition coefficient (Wildman–Crippen LogP) is 0.124. The Bertz CT molecular complexity index is 59.5. The Morgan fingerprint density at radius 2 is 1.27 bits per heavy atom. The zero-order valence-electron chi connectivity index (χ0n) is 7.95. The molecule has 0 saturated heterocycles. The molecule has 0 nitrogen and oxygen atoms in total. The number of hydrogen-bond acceptors (Lipinski definition) is 4. The van der Waals surface area contributed by atoms with E-state index < -0.39 is 0 Å². The molecule has 0 bridgehead atoms. The molecule has 64 valence electrons. The van der Waals surface area contributed by atoms with E-state index in [-0.39, 0.29) is 31.0 Å². The average Bonchev–Trinajstić information content (AvgIpc) is 1.97. The maximum absolute atomic E-state index is 4.13. The Labute approximate surface area is 112 Å². The zero-order valence-corrected chi connectivity index (χ0v) is 12.4. The fraction of sp³-hybridized carbons (Fsp3) is 1.00. The van der Waals surface area contributed by atoms with Gasteiger partial charge in [0.25, 0.3) is 0 Å². The van der Waals surface area contributed by atoms with Crippen molar-refractivity contribution >= 4 is 46.8 Å². The van der Waals surface area contributed by atoms with Crippen molar-refractivity contribution in [1.82, 2.24) is 0 Å². The molecular weight excluding hydrogens is 223 g/mol. The summed E-state index contributed by atoms with van der Waals surface area (Å²) in [5, 5.41) is 0. The summed E-state index contributed by atoms with van der Waals surface area (Å²) >= 11 is 8.26. The molecule has 0 unspecified atom stereocenters. The molecule has 0 aromatic carbocycles. The molecule has 0 aliphatic rings. The van der Waals surface area contributed by atoms with E-state index >= 15 is 0 Å². The Kier molecular flexibility index (Phi) is 21.5. The van der Waals surface area contributed by atoms with Crippen molar-refractivity contribution in [1.29, 1.82) is 0 Å². The molecule has 0 saturated carbocycles. The van der Waals surface area contributed by atoms with Crippen LogP contribution < -0.4 is 29.6 Å². The van der Waals surface area contributed by atoms with Crippen molar-refractivity contribution in [2.45, 2.75) is 12.8 Å². The van der Waals surface area contributed by atoms with Gasteiger partial charge in [0, 0.05) is 11.5 Å². The van der Waals surface area contributed by atoms with Gasteiger partial charge < -0.3 is 1.43 Å². The van der Waals surface area contributed by atoms with E-state index in [1.54, 1.807) is 0 Å². The van der Waals surface area contributed by atoms with Crippen molar-refractivity contribution in [3.05, 3.63) is 0 Å². The SMILES string of the molecule is SCCCSSCCCS.[H-].[Na+]. The molecule has 0 aliphatic heterocycles. The molecule has 0 aromatic heterocycles. The molecule has 0 aromatic rings. The number of hydrogen-bond donors (Lipinski definition) is 2. The van der Waals surface area contributed by atoms with Gasteiger partial charge in [0.2, 0.25) is 0 Å². The van der Waals surface area contributed by atoms with Crippen molar-refractivity contribution in [3.8, 4) is 0 Å². The third-order valence-electron chi connectivity index (χ3n) is 0.855. The van der Waals surface area contributed by atoms with Gasteiger partial charge in [0.15, 0.2) is 0 Å². The molecule has 0 heterocycles. The first kappa shape index (κ1) is 15.9. The van der Waals surface area contributed by atoms with Crippen LogP contribution in [0.2, 0.25) is 0 Å². The zero-order chi connectivity index (χ0) is 7.66. The fourth-order valence-electron chi connectivity index (χ4n) is 0.365. The normalized spacial score (nSPS) is 9.27. The summed E-state index contributed by atoms with van der Waals surface area (Å²) in [6, 6.07) is 0. The summed E-state index contributed by atoms with van der Waals surface area (Å²) in [5.74, 6) is 4.50. The van der Waals surface area contributed by atoms with Gasteiger partial charge in [0.05, 0.1) is 0 Å². The third kappa shape index (κ3) is 15.2. The Morgan fingerprint density at radius 1 is 0.909 bits per heavy atom. The number of thiol groups is 2. The molecule has 0 spiro atoms. The maximum atomic E-state index is 4.13. The summed E-state index contributed by atoms with van der Waals surface area (Å²) in [7, 11) is 3.90. The van der Waals surface area contributed by atoms with Crippen molar-refractivity contribution < 1.29 is 31.0 Å². The van der Waals surface area contributed by atoms with Crippen LogP contribution in [0.25, 0.3) is 0 Å². The maximum Gasteiger partial charge on any atom is 1.00 e. The van der Waals surface area contributed by atoms with Crippen molar-refractivity contribution in [2.75, 3.05) is 23.0 Å². The topological polar surface area (TPSA) is 0 Å². The summed E-state index contributed by atoms with van der Waals surface area (Å²) < 4.78 is 0. The fourth-order valence-corrected chi connectivity index (χ4v) is 3.28. The van der Waals surface area contributed by atoms with Crippen LogP contribution in [0.15, 0.2) is 0 Å². The minimum Gasteiger partial charge on any atom is -1.00 e. The van der Waals surface area contributed by atoms with Gasteiger partial charge in [-0.05, 0) is 24.3 Å². The van der Waals surface area contributed by atoms with Crippen molar-refractivity contribution in [2.24, 2.45) is 0 Å². The summed E-state index contributed by atoms with van der Waals surface area (Å²) in [6.45, 7) is 0. The first-order valence-electron chi connectivity index (χ1n) is 3.38. The minimum absolute atomic E-state index is 0. The van der Waals surface area contributed by atoms with Gasteiger partial charge in [-0.15, -0.1) is 0 Å². The Morgan fingerprint density at radius 3 is 1.55 bits per heavy atom. The first-order chi connectivity index (χ1) is 4.91. The second kappa shape index (κ2) is 14.9. The predicted molar refractivity (Wildman–Crippen MR) is 63.0 cm³/mol. The molecule has 0 atom stereocenters. The summed E-state index contributed by atoms with van der Waals surface area (Å²) in [6.07, 6.45) is 2.45. The molecule has 0 N–H and O–H groups in total. The van der Waals surface area contributed by atoms with E-state index in [1.807, 2.05) is 21.6 Å². The molecule has 0 amide bonds. The molecule has 0 rings (SSSR count). The average molecular weight is 238 g/mol. The second-order valence-corrected chi connectivity index (χ2v) is 5.39. The molecule has 0 fully saturated rings. The van der Waals surface area contributed by atoms with E-state index in [4.69, 9.17) is 0 Å². The van der Waals surface area contributed by atoms with Gasteiger partial charge in [-0.1, -0.05) is 21.6 Å². The molecule has 0 aliphatic carbocycles. The molecule has 5 heteroatoms. The van der Waals surface area contributed by atoms with Crippen LogP contribution in [0.4, 0.5) is 0 Å². The van der Waals surface area contributed by atoms with E-state index in [9.17, 15) is 0 Å². The van der Waals surface area contributed by atoms with Crippen LogP contribution in [0, 0.1) is 0 Å². The third-order valence-corrected chi connectivity index (χ3v) is 4.06. The van der Waals surface area contributed by atoms with Crippen LogP contribution in [0.3, 0.4) is 0 Å². The minimum atomic E-state index is 0. The quantitative estimate of drug-likeness (QED) is 0.280. The largest absolute Gasteiger partial charge is 1.00 e. The smallest absolute Gasteiger partial charge is 1.00 e. The van der Waals surface area contributed by atoms with Gasteiger partial charge in [-0.2, -0.15) is 25.3 Å². The van der Waals surface area contributed by atoms with E-state index in [0.29, 0.717) is 0 Å². The summed E-state index contributed by atoms with van der Waals surface area (Å²) in [5.41, 5.74) is 0. The molecular formula is C6H15NaS4.